The number of thiophene rings is 1. The van der Waals surface area contributed by atoms with Gasteiger partial charge in [-0.2, -0.15) is 0 Å². The lowest BCUT2D eigenvalue weighted by molar-refractivity contribution is 0.102. The molecule has 5 aromatic rings. The second-order valence-electron chi connectivity index (χ2n) is 10.6. The molecule has 0 spiro atoms. The van der Waals surface area contributed by atoms with Gasteiger partial charge in [-0.3, -0.25) is 4.79 Å². The standard InChI is InChI=1S/C35H31ClN2O2S/c1-22-17-23(2)19-27(18-22)38-34(39)33-29-9-5-6-10-32(29)41-35(33)37-20-30-28-8-4-3-7-25(28)13-16-31(30)40-21-24-11-14-26(36)15-12-24/h3-4,7-8,11-20H,5-6,9-10,21H2,1-2H3,(H,38,39). The molecule has 1 aliphatic rings. The number of nitrogens with one attached hydrogen (secondary N) is 1. The summed E-state index contributed by atoms with van der Waals surface area (Å²) < 4.78 is 6.31. The number of carbonyl (C=O) groups is 1. The van der Waals surface area contributed by atoms with Crippen LogP contribution in [0.1, 0.15) is 55.9 Å². The van der Waals surface area contributed by atoms with E-state index in [1.165, 1.54) is 4.88 Å². The van der Waals surface area contributed by atoms with Crippen LogP contribution in [0.3, 0.4) is 0 Å². The molecule has 1 N–H and O–H groups in total. The fourth-order valence-electron chi connectivity index (χ4n) is 5.52. The Morgan fingerprint density at radius 2 is 1.73 bits per heavy atom. The Morgan fingerprint density at radius 1 is 0.976 bits per heavy atom. The summed E-state index contributed by atoms with van der Waals surface area (Å²) >= 11 is 7.70. The third kappa shape index (κ3) is 6.07. The number of hydrogen-bond acceptors (Lipinski definition) is 4. The minimum absolute atomic E-state index is 0.0984. The van der Waals surface area contributed by atoms with Gasteiger partial charge in [0.1, 0.15) is 17.4 Å². The molecular formula is C35H31ClN2O2S. The Bertz CT molecular complexity index is 1750. The van der Waals surface area contributed by atoms with Crippen molar-refractivity contribution in [2.45, 2.75) is 46.1 Å². The number of anilines is 1. The number of aryl methyl sites for hydroxylation is 3. The average Bonchev–Trinajstić information content (AvgIpc) is 3.34. The fraction of sp³-hybridized carbons (Fsp3) is 0.200. The summed E-state index contributed by atoms with van der Waals surface area (Å²) in [5.74, 6) is 0.642. The summed E-state index contributed by atoms with van der Waals surface area (Å²) in [5.41, 5.74) is 6.81. The van der Waals surface area contributed by atoms with E-state index in [1.54, 1.807) is 11.3 Å². The van der Waals surface area contributed by atoms with Gasteiger partial charge in [0, 0.05) is 27.4 Å². The molecule has 0 bridgehead atoms. The number of carbonyl (C=O) groups excluding carboxylic acids is 1. The molecule has 1 aliphatic carbocycles. The van der Waals surface area contributed by atoms with Crippen molar-refractivity contribution in [3.8, 4) is 5.75 Å². The lowest BCUT2D eigenvalue weighted by Crippen LogP contribution is -2.15. The molecule has 0 aliphatic heterocycles. The van der Waals surface area contributed by atoms with E-state index in [2.05, 4.69) is 29.6 Å². The van der Waals surface area contributed by atoms with Crippen LogP contribution >= 0.6 is 22.9 Å². The van der Waals surface area contributed by atoms with Crippen LogP contribution in [-0.4, -0.2) is 12.1 Å². The average molecular weight is 579 g/mol. The monoisotopic (exact) mass is 578 g/mol. The number of benzene rings is 4. The van der Waals surface area contributed by atoms with Crippen LogP contribution in [0.5, 0.6) is 5.75 Å². The van der Waals surface area contributed by atoms with Gasteiger partial charge >= 0.3 is 0 Å². The van der Waals surface area contributed by atoms with Crippen LogP contribution in [0.15, 0.2) is 83.9 Å². The van der Waals surface area contributed by atoms with Gasteiger partial charge in [0.25, 0.3) is 5.91 Å². The summed E-state index contributed by atoms with van der Waals surface area (Å²) in [6, 6.07) is 26.1. The predicted octanol–water partition coefficient (Wildman–Crippen LogP) is 9.63. The highest BCUT2D eigenvalue weighted by molar-refractivity contribution is 7.16. The highest BCUT2D eigenvalue weighted by Gasteiger charge is 2.25. The minimum atomic E-state index is -0.0984. The van der Waals surface area contributed by atoms with Crippen molar-refractivity contribution in [2.24, 2.45) is 4.99 Å². The molecule has 6 rings (SSSR count). The lowest BCUT2D eigenvalue weighted by Gasteiger charge is -2.13. The molecular weight excluding hydrogens is 548 g/mol. The molecule has 0 saturated heterocycles. The Morgan fingerprint density at radius 3 is 2.54 bits per heavy atom. The summed E-state index contributed by atoms with van der Waals surface area (Å²) in [4.78, 5) is 20.0. The minimum Gasteiger partial charge on any atom is -0.488 e. The molecule has 1 amide bonds. The lowest BCUT2D eigenvalue weighted by atomic mass is 9.95. The molecule has 4 nitrogen and oxygen atoms in total. The third-order valence-electron chi connectivity index (χ3n) is 7.41. The number of hydrogen-bond donors (Lipinski definition) is 1. The van der Waals surface area contributed by atoms with Gasteiger partial charge < -0.3 is 10.1 Å². The van der Waals surface area contributed by atoms with E-state index in [-0.39, 0.29) is 5.91 Å². The molecule has 0 radical (unpaired) electrons. The SMILES string of the molecule is Cc1cc(C)cc(NC(=O)c2c(N=Cc3c(OCc4ccc(Cl)cc4)ccc4ccccc34)sc3c2CCCC3)c1. The van der Waals surface area contributed by atoms with Gasteiger partial charge in [-0.15, -0.1) is 11.3 Å². The summed E-state index contributed by atoms with van der Waals surface area (Å²) in [6.45, 7) is 4.50. The van der Waals surface area contributed by atoms with Crippen molar-refractivity contribution in [2.75, 3.05) is 5.32 Å². The smallest absolute Gasteiger partial charge is 0.259 e. The Balaban J connectivity index is 1.37. The van der Waals surface area contributed by atoms with Crippen LogP contribution in [0.2, 0.25) is 5.02 Å². The van der Waals surface area contributed by atoms with Gasteiger partial charge in [-0.1, -0.05) is 60.1 Å². The Labute approximate surface area is 249 Å². The van der Waals surface area contributed by atoms with Crippen LogP contribution in [0.4, 0.5) is 10.7 Å². The van der Waals surface area contributed by atoms with E-state index in [0.29, 0.717) is 17.2 Å². The third-order valence-corrected chi connectivity index (χ3v) is 8.86. The number of ether oxygens (including phenoxy) is 1. The first-order valence-corrected chi connectivity index (χ1v) is 15.1. The van der Waals surface area contributed by atoms with E-state index >= 15 is 0 Å². The molecule has 4 aromatic carbocycles. The van der Waals surface area contributed by atoms with Crippen LogP contribution in [-0.2, 0) is 19.4 Å². The molecule has 0 saturated carbocycles. The van der Waals surface area contributed by atoms with E-state index in [9.17, 15) is 4.79 Å². The zero-order valence-electron chi connectivity index (χ0n) is 23.2. The normalized spacial score (nSPS) is 13.0. The molecule has 0 fully saturated rings. The van der Waals surface area contributed by atoms with Crippen molar-refractivity contribution in [1.82, 2.24) is 0 Å². The van der Waals surface area contributed by atoms with Crippen molar-refractivity contribution >= 4 is 56.5 Å². The van der Waals surface area contributed by atoms with Gasteiger partial charge in [0.05, 0.1) is 5.56 Å². The second kappa shape index (κ2) is 11.9. The quantitative estimate of drug-likeness (QED) is 0.195. The predicted molar refractivity (Wildman–Crippen MR) is 172 cm³/mol. The number of fused-ring (bicyclic) bond motifs is 2. The molecule has 1 heterocycles. The zero-order chi connectivity index (χ0) is 28.3. The van der Waals surface area contributed by atoms with Crippen molar-refractivity contribution < 1.29 is 9.53 Å². The van der Waals surface area contributed by atoms with E-state index in [0.717, 1.165) is 80.7 Å². The van der Waals surface area contributed by atoms with Crippen LogP contribution < -0.4 is 10.1 Å². The first kappa shape index (κ1) is 27.3. The Hall–Kier alpha value is -3.93. The maximum Gasteiger partial charge on any atom is 0.259 e. The van der Waals surface area contributed by atoms with Crippen LogP contribution in [0, 0.1) is 13.8 Å². The molecule has 6 heteroatoms. The van der Waals surface area contributed by atoms with Crippen molar-refractivity contribution in [3.63, 3.8) is 0 Å². The van der Waals surface area contributed by atoms with Crippen LogP contribution in [0.25, 0.3) is 10.8 Å². The zero-order valence-corrected chi connectivity index (χ0v) is 24.7. The van der Waals surface area contributed by atoms with Crippen molar-refractivity contribution in [3.05, 3.63) is 122 Å². The largest absolute Gasteiger partial charge is 0.488 e. The Kier molecular flexibility index (Phi) is 7.91. The van der Waals surface area contributed by atoms with E-state index in [4.69, 9.17) is 21.3 Å². The van der Waals surface area contributed by atoms with Gasteiger partial charge in [-0.05, 0) is 103 Å². The maximum absolute atomic E-state index is 13.8. The molecule has 0 unspecified atom stereocenters. The van der Waals surface area contributed by atoms with E-state index < -0.39 is 0 Å². The highest BCUT2D eigenvalue weighted by Crippen LogP contribution is 2.41. The molecule has 206 valence electrons. The highest BCUT2D eigenvalue weighted by atomic mass is 35.5. The summed E-state index contributed by atoms with van der Waals surface area (Å²) in [5, 5.41) is 6.75. The number of halogens is 1. The molecule has 0 atom stereocenters. The maximum atomic E-state index is 13.8. The van der Waals surface area contributed by atoms with Gasteiger partial charge in [0.2, 0.25) is 0 Å². The molecule has 41 heavy (non-hydrogen) atoms. The van der Waals surface area contributed by atoms with E-state index in [1.807, 2.05) is 74.7 Å². The first-order chi connectivity index (χ1) is 19.9. The fourth-order valence-corrected chi connectivity index (χ4v) is 6.87. The number of nitrogens with zero attached hydrogens (tertiary/aromatic N) is 1. The topological polar surface area (TPSA) is 50.7 Å². The van der Waals surface area contributed by atoms with Gasteiger partial charge in [0.15, 0.2) is 0 Å². The molecule has 1 aromatic heterocycles. The summed E-state index contributed by atoms with van der Waals surface area (Å²) in [6.07, 6.45) is 5.98. The van der Waals surface area contributed by atoms with Crippen molar-refractivity contribution in [1.29, 1.82) is 0 Å². The number of aliphatic imine (C=N–C) groups is 1. The number of amides is 1. The second-order valence-corrected chi connectivity index (χ2v) is 12.1. The first-order valence-electron chi connectivity index (χ1n) is 13.9. The number of rotatable bonds is 7. The summed E-state index contributed by atoms with van der Waals surface area (Å²) in [7, 11) is 0. The van der Waals surface area contributed by atoms with Gasteiger partial charge in [-0.25, -0.2) is 4.99 Å².